The first-order valence-electron chi connectivity index (χ1n) is 6.87. The number of hydrogen-bond acceptors (Lipinski definition) is 4. The van der Waals surface area contributed by atoms with Crippen molar-refractivity contribution >= 4 is 11.0 Å². The van der Waals surface area contributed by atoms with Crippen LogP contribution in [-0.4, -0.2) is 40.3 Å². The number of nitrogens with zero attached hydrogens (tertiary/aromatic N) is 3. The molecule has 2 aromatic rings. The number of imidazole rings is 1. The molecule has 19 heavy (non-hydrogen) atoms. The maximum Gasteiger partial charge on any atom is 0.111 e. The van der Waals surface area contributed by atoms with Gasteiger partial charge < -0.3 is 14.6 Å². The van der Waals surface area contributed by atoms with Crippen LogP contribution in [0.1, 0.15) is 25.7 Å². The molecular formula is C14H20N4O. The van der Waals surface area contributed by atoms with Crippen LogP contribution in [0.15, 0.2) is 18.5 Å². The summed E-state index contributed by atoms with van der Waals surface area (Å²) < 4.78 is 7.82. The molecule has 1 aliphatic heterocycles. The topological polar surface area (TPSA) is 52.0 Å². The highest BCUT2D eigenvalue weighted by Crippen LogP contribution is 2.21. The number of rotatable bonds is 3. The smallest absolute Gasteiger partial charge is 0.111 e. The Balaban J connectivity index is 1.95. The van der Waals surface area contributed by atoms with E-state index in [1.807, 2.05) is 18.5 Å². The van der Waals surface area contributed by atoms with Gasteiger partial charge in [-0.1, -0.05) is 0 Å². The summed E-state index contributed by atoms with van der Waals surface area (Å²) in [4.78, 5) is 8.89. The van der Waals surface area contributed by atoms with Crippen LogP contribution < -0.4 is 5.32 Å². The second kappa shape index (κ2) is 5.27. The Kier molecular flexibility index (Phi) is 3.48. The summed E-state index contributed by atoms with van der Waals surface area (Å²) in [6.45, 7) is 6.88. The van der Waals surface area contributed by atoms with Crippen LogP contribution in [0.2, 0.25) is 0 Å². The quantitative estimate of drug-likeness (QED) is 0.909. The Morgan fingerprint density at radius 3 is 3.16 bits per heavy atom. The first-order chi connectivity index (χ1) is 9.25. The van der Waals surface area contributed by atoms with E-state index in [0.717, 1.165) is 43.0 Å². The van der Waals surface area contributed by atoms with Gasteiger partial charge in [0.15, 0.2) is 0 Å². The van der Waals surface area contributed by atoms with Gasteiger partial charge in [0.2, 0.25) is 0 Å². The van der Waals surface area contributed by atoms with Crippen molar-refractivity contribution in [2.75, 3.05) is 19.8 Å². The lowest BCUT2D eigenvalue weighted by Gasteiger charge is -2.24. The van der Waals surface area contributed by atoms with E-state index in [1.54, 1.807) is 0 Å². The van der Waals surface area contributed by atoms with Gasteiger partial charge in [-0.25, -0.2) is 4.98 Å². The molecule has 0 saturated carbocycles. The molecule has 1 atom stereocenters. The van der Waals surface area contributed by atoms with E-state index >= 15 is 0 Å². The minimum absolute atomic E-state index is 0.357. The van der Waals surface area contributed by atoms with E-state index in [1.165, 1.54) is 0 Å². The molecule has 0 aliphatic carbocycles. The Bertz CT molecular complexity index is 558. The Morgan fingerprint density at radius 1 is 1.53 bits per heavy atom. The molecule has 0 radical (unpaired) electrons. The van der Waals surface area contributed by atoms with Crippen molar-refractivity contribution < 1.29 is 4.74 Å². The van der Waals surface area contributed by atoms with Crippen molar-refractivity contribution in [2.45, 2.75) is 32.4 Å². The molecule has 3 heterocycles. The van der Waals surface area contributed by atoms with Crippen molar-refractivity contribution in [2.24, 2.45) is 0 Å². The fourth-order valence-electron chi connectivity index (χ4n) is 2.69. The minimum Gasteiger partial charge on any atom is -0.379 e. The molecule has 1 N–H and O–H groups in total. The maximum atomic E-state index is 5.52. The highest BCUT2D eigenvalue weighted by atomic mass is 16.5. The average Bonchev–Trinajstić information content (AvgIpc) is 2.77. The molecule has 3 rings (SSSR count). The van der Waals surface area contributed by atoms with E-state index in [0.29, 0.717) is 12.1 Å². The van der Waals surface area contributed by atoms with Crippen molar-refractivity contribution in [3.05, 3.63) is 24.3 Å². The van der Waals surface area contributed by atoms with Gasteiger partial charge in [-0.3, -0.25) is 4.98 Å². The number of fused-ring (bicyclic) bond motifs is 1. The standard InChI is InChI=1S/C14H20N4O/c1-10(2)18-13-3-4-15-8-12(13)17-14(18)7-11-9-19-6-5-16-11/h3-4,8,10-11,16H,5-7,9H2,1-2H3. The number of ether oxygens (including phenoxy) is 1. The molecule has 5 heteroatoms. The molecule has 1 aliphatic rings. The fourth-order valence-corrected chi connectivity index (χ4v) is 2.69. The van der Waals surface area contributed by atoms with Gasteiger partial charge in [-0.05, 0) is 19.9 Å². The van der Waals surface area contributed by atoms with E-state index in [9.17, 15) is 0 Å². The average molecular weight is 260 g/mol. The monoisotopic (exact) mass is 260 g/mol. The zero-order valence-corrected chi connectivity index (χ0v) is 11.5. The van der Waals surface area contributed by atoms with Crippen molar-refractivity contribution in [3.63, 3.8) is 0 Å². The Hall–Kier alpha value is -1.46. The lowest BCUT2D eigenvalue weighted by molar-refractivity contribution is 0.0761. The second-order valence-corrected chi connectivity index (χ2v) is 5.29. The highest BCUT2D eigenvalue weighted by molar-refractivity contribution is 5.74. The van der Waals surface area contributed by atoms with E-state index in [2.05, 4.69) is 28.7 Å². The van der Waals surface area contributed by atoms with Crippen LogP contribution in [-0.2, 0) is 11.2 Å². The molecule has 0 aromatic carbocycles. The van der Waals surface area contributed by atoms with Gasteiger partial charge in [0.05, 0.1) is 24.9 Å². The third-order valence-corrected chi connectivity index (χ3v) is 3.51. The number of pyridine rings is 1. The fraction of sp³-hybridized carbons (Fsp3) is 0.571. The van der Waals surface area contributed by atoms with E-state index in [-0.39, 0.29) is 0 Å². The number of morpholine rings is 1. The SMILES string of the molecule is CC(C)n1c(CC2COCCN2)nc2cnccc21. The highest BCUT2D eigenvalue weighted by Gasteiger charge is 2.19. The third-order valence-electron chi connectivity index (χ3n) is 3.51. The minimum atomic E-state index is 0.357. The van der Waals surface area contributed by atoms with Gasteiger partial charge in [-0.15, -0.1) is 0 Å². The van der Waals surface area contributed by atoms with E-state index < -0.39 is 0 Å². The third kappa shape index (κ3) is 2.48. The van der Waals surface area contributed by atoms with Gasteiger partial charge in [0.25, 0.3) is 0 Å². The predicted molar refractivity (Wildman–Crippen MR) is 74.2 cm³/mol. The van der Waals surface area contributed by atoms with Gasteiger partial charge in [0, 0.05) is 31.2 Å². The molecule has 1 unspecified atom stereocenters. The predicted octanol–water partition coefficient (Wildman–Crippen LogP) is 1.54. The van der Waals surface area contributed by atoms with E-state index in [4.69, 9.17) is 9.72 Å². The van der Waals surface area contributed by atoms with Crippen LogP contribution in [0.25, 0.3) is 11.0 Å². The first kappa shape index (κ1) is 12.6. The molecule has 0 amide bonds. The summed E-state index contributed by atoms with van der Waals surface area (Å²) in [6, 6.07) is 2.79. The lowest BCUT2D eigenvalue weighted by Crippen LogP contribution is -2.43. The molecule has 5 nitrogen and oxygen atoms in total. The van der Waals surface area contributed by atoms with Crippen LogP contribution in [0.3, 0.4) is 0 Å². The van der Waals surface area contributed by atoms with Gasteiger partial charge in [-0.2, -0.15) is 0 Å². The van der Waals surface area contributed by atoms with Crippen LogP contribution in [0, 0.1) is 0 Å². The van der Waals surface area contributed by atoms with Crippen molar-refractivity contribution in [3.8, 4) is 0 Å². The van der Waals surface area contributed by atoms with Crippen LogP contribution >= 0.6 is 0 Å². The maximum absolute atomic E-state index is 5.52. The Morgan fingerprint density at radius 2 is 2.42 bits per heavy atom. The van der Waals surface area contributed by atoms with Crippen molar-refractivity contribution in [1.29, 1.82) is 0 Å². The van der Waals surface area contributed by atoms with Gasteiger partial charge >= 0.3 is 0 Å². The summed E-state index contributed by atoms with van der Waals surface area (Å²) in [7, 11) is 0. The molecule has 2 aromatic heterocycles. The first-order valence-corrected chi connectivity index (χ1v) is 6.87. The molecular weight excluding hydrogens is 240 g/mol. The Labute approximate surface area is 113 Å². The molecule has 1 fully saturated rings. The van der Waals surface area contributed by atoms with Crippen LogP contribution in [0.4, 0.5) is 0 Å². The number of hydrogen-bond donors (Lipinski definition) is 1. The molecule has 1 saturated heterocycles. The largest absolute Gasteiger partial charge is 0.379 e. The number of nitrogens with one attached hydrogen (secondary N) is 1. The second-order valence-electron chi connectivity index (χ2n) is 5.29. The summed E-state index contributed by atoms with van der Waals surface area (Å²) in [6.07, 6.45) is 4.56. The zero-order chi connectivity index (χ0) is 13.2. The summed E-state index contributed by atoms with van der Waals surface area (Å²) in [5.41, 5.74) is 2.14. The molecule has 0 spiro atoms. The summed E-state index contributed by atoms with van der Waals surface area (Å²) in [5.74, 6) is 1.11. The van der Waals surface area contributed by atoms with Crippen molar-refractivity contribution in [1.82, 2.24) is 19.9 Å². The summed E-state index contributed by atoms with van der Waals surface area (Å²) in [5, 5.41) is 3.48. The van der Waals surface area contributed by atoms with Crippen LogP contribution in [0.5, 0.6) is 0 Å². The van der Waals surface area contributed by atoms with Gasteiger partial charge in [0.1, 0.15) is 11.3 Å². The summed E-state index contributed by atoms with van der Waals surface area (Å²) >= 11 is 0. The molecule has 102 valence electrons. The molecule has 0 bridgehead atoms. The lowest BCUT2D eigenvalue weighted by atomic mass is 10.2. The number of aromatic nitrogens is 3. The zero-order valence-electron chi connectivity index (χ0n) is 11.5. The normalized spacial score (nSPS) is 20.3.